The van der Waals surface area contributed by atoms with Gasteiger partial charge in [0.05, 0.1) is 16.9 Å². The first-order valence-corrected chi connectivity index (χ1v) is 8.29. The summed E-state index contributed by atoms with van der Waals surface area (Å²) in [5.74, 6) is -1.52. The number of non-ortho nitro benzene ring substituents is 1. The van der Waals surface area contributed by atoms with E-state index in [2.05, 4.69) is 4.98 Å². The van der Waals surface area contributed by atoms with Crippen molar-refractivity contribution in [2.24, 2.45) is 11.3 Å². The Balaban J connectivity index is 1.66. The molecule has 1 aromatic heterocycles. The number of nitro benzene ring substituents is 1. The van der Waals surface area contributed by atoms with Gasteiger partial charge in [0, 0.05) is 37.1 Å². The third-order valence-electron chi connectivity index (χ3n) is 5.48. The molecule has 0 bridgehead atoms. The highest BCUT2D eigenvalue weighted by atomic mass is 16.6. The van der Waals surface area contributed by atoms with Crippen LogP contribution in [0, 0.1) is 21.4 Å². The minimum Gasteiger partial charge on any atom is -0.481 e. The molecule has 2 aromatic rings. The first-order valence-electron chi connectivity index (χ1n) is 8.29. The molecule has 2 fully saturated rings. The van der Waals surface area contributed by atoms with Crippen molar-refractivity contribution in [2.45, 2.75) is 6.42 Å². The molecule has 9 heteroatoms. The minimum atomic E-state index is -0.980. The van der Waals surface area contributed by atoms with Gasteiger partial charge in [-0.2, -0.15) is 0 Å². The lowest BCUT2D eigenvalue weighted by Gasteiger charge is -2.33. The van der Waals surface area contributed by atoms with Crippen LogP contribution in [0.1, 0.15) is 16.9 Å². The van der Waals surface area contributed by atoms with Gasteiger partial charge in [0.25, 0.3) is 11.6 Å². The summed E-state index contributed by atoms with van der Waals surface area (Å²) in [7, 11) is 0. The Kier molecular flexibility index (Phi) is 3.69. The van der Waals surface area contributed by atoms with Crippen molar-refractivity contribution in [3.63, 3.8) is 0 Å². The molecule has 2 atom stereocenters. The van der Waals surface area contributed by atoms with E-state index in [1.165, 1.54) is 11.0 Å². The lowest BCUT2D eigenvalue weighted by molar-refractivity contribution is -0.383. The van der Waals surface area contributed by atoms with E-state index < -0.39 is 16.3 Å². The minimum absolute atomic E-state index is 0.105. The zero-order chi connectivity index (χ0) is 18.5. The molecule has 3 heterocycles. The summed E-state index contributed by atoms with van der Waals surface area (Å²) < 4.78 is 5.40. The lowest BCUT2D eigenvalue weighted by Crippen LogP contribution is -2.45. The van der Waals surface area contributed by atoms with Crippen molar-refractivity contribution < 1.29 is 24.4 Å². The molecule has 0 spiro atoms. The number of benzene rings is 1. The van der Waals surface area contributed by atoms with Crippen LogP contribution in [0.2, 0.25) is 0 Å². The topological polar surface area (TPSA) is 126 Å². The number of nitrogens with zero attached hydrogens (tertiary/aromatic N) is 2. The number of carbonyl (C=O) groups excluding carboxylic acids is 1. The number of aliphatic carboxylic acids is 1. The molecule has 0 saturated carbocycles. The maximum Gasteiger partial charge on any atom is 0.311 e. The van der Waals surface area contributed by atoms with Gasteiger partial charge >= 0.3 is 5.97 Å². The molecule has 26 heavy (non-hydrogen) atoms. The predicted molar refractivity (Wildman–Crippen MR) is 89.9 cm³/mol. The molecular formula is C17H17N3O6. The molecule has 2 aliphatic rings. The quantitative estimate of drug-likeness (QED) is 0.634. The van der Waals surface area contributed by atoms with Crippen LogP contribution in [-0.2, 0) is 9.53 Å². The molecule has 0 radical (unpaired) electrons. The number of para-hydroxylation sites is 1. The van der Waals surface area contributed by atoms with Gasteiger partial charge in [0.1, 0.15) is 11.2 Å². The Morgan fingerprint density at radius 2 is 2.23 bits per heavy atom. The third kappa shape index (κ3) is 2.35. The van der Waals surface area contributed by atoms with Crippen molar-refractivity contribution in [3.8, 4) is 0 Å². The second-order valence-corrected chi connectivity index (χ2v) is 6.85. The van der Waals surface area contributed by atoms with E-state index in [9.17, 15) is 24.8 Å². The summed E-state index contributed by atoms with van der Waals surface area (Å²) in [5.41, 5.74) is -0.582. The number of aromatic nitrogens is 1. The van der Waals surface area contributed by atoms with E-state index in [-0.39, 0.29) is 35.3 Å². The molecule has 2 N–H and O–H groups in total. The largest absolute Gasteiger partial charge is 0.481 e. The average molecular weight is 359 g/mol. The van der Waals surface area contributed by atoms with Crippen molar-refractivity contribution in [2.75, 3.05) is 26.3 Å². The second kappa shape index (κ2) is 5.80. The number of hydrogen-bond acceptors (Lipinski definition) is 5. The Hall–Kier alpha value is -2.94. The molecule has 136 valence electrons. The number of carboxylic acid groups (broad SMARTS) is 1. The highest BCUT2D eigenvalue weighted by molar-refractivity contribution is 6.00. The zero-order valence-corrected chi connectivity index (χ0v) is 13.8. The molecule has 2 aliphatic heterocycles. The van der Waals surface area contributed by atoms with Crippen molar-refractivity contribution >= 4 is 28.5 Å². The average Bonchev–Trinajstić information content (AvgIpc) is 3.22. The van der Waals surface area contributed by atoms with Gasteiger partial charge in [-0.3, -0.25) is 19.7 Å². The molecule has 2 saturated heterocycles. The number of nitro groups is 1. The fraction of sp³-hybridized carbons (Fsp3) is 0.412. The Morgan fingerprint density at radius 1 is 1.42 bits per heavy atom. The monoisotopic (exact) mass is 359 g/mol. The number of nitrogens with one attached hydrogen (secondary N) is 1. The van der Waals surface area contributed by atoms with Gasteiger partial charge in [-0.15, -0.1) is 0 Å². The fourth-order valence-corrected chi connectivity index (χ4v) is 4.03. The number of hydrogen-bond donors (Lipinski definition) is 2. The predicted octanol–water partition coefficient (Wildman–Crippen LogP) is 1.64. The smallest absolute Gasteiger partial charge is 0.311 e. The summed E-state index contributed by atoms with van der Waals surface area (Å²) >= 11 is 0. The summed E-state index contributed by atoms with van der Waals surface area (Å²) in [4.78, 5) is 39.7. The van der Waals surface area contributed by atoms with Crippen LogP contribution in [0.3, 0.4) is 0 Å². The third-order valence-corrected chi connectivity index (χ3v) is 5.48. The van der Waals surface area contributed by atoms with E-state index in [1.54, 1.807) is 18.2 Å². The van der Waals surface area contributed by atoms with Gasteiger partial charge in [-0.25, -0.2) is 0 Å². The number of carboxylic acids is 1. The number of likely N-dealkylation sites (tertiary alicyclic amines) is 1. The number of aromatic amines is 1. The van der Waals surface area contributed by atoms with Gasteiger partial charge in [0.15, 0.2) is 0 Å². The van der Waals surface area contributed by atoms with E-state index in [0.717, 1.165) is 0 Å². The van der Waals surface area contributed by atoms with Crippen molar-refractivity contribution in [1.29, 1.82) is 0 Å². The van der Waals surface area contributed by atoms with Gasteiger partial charge in [-0.1, -0.05) is 12.1 Å². The lowest BCUT2D eigenvalue weighted by atomic mass is 9.74. The zero-order valence-electron chi connectivity index (χ0n) is 13.8. The Labute approximate surface area is 147 Å². The van der Waals surface area contributed by atoms with Crippen LogP contribution in [0.25, 0.3) is 10.9 Å². The summed E-state index contributed by atoms with van der Waals surface area (Å²) in [6, 6.07) is 6.18. The molecule has 1 aromatic carbocycles. The van der Waals surface area contributed by atoms with E-state index in [0.29, 0.717) is 31.6 Å². The Bertz CT molecular complexity index is 922. The Morgan fingerprint density at radius 3 is 2.92 bits per heavy atom. The molecule has 0 unspecified atom stereocenters. The van der Waals surface area contributed by atoms with E-state index in [1.807, 2.05) is 0 Å². The van der Waals surface area contributed by atoms with Crippen LogP contribution in [0.5, 0.6) is 0 Å². The van der Waals surface area contributed by atoms with Crippen LogP contribution in [-0.4, -0.2) is 58.1 Å². The maximum absolute atomic E-state index is 12.9. The normalized spacial score (nSPS) is 25.2. The number of fused-ring (bicyclic) bond motifs is 2. The number of amides is 1. The van der Waals surface area contributed by atoms with Gasteiger partial charge < -0.3 is 19.7 Å². The molecule has 0 aliphatic carbocycles. The van der Waals surface area contributed by atoms with Crippen LogP contribution in [0.15, 0.2) is 24.3 Å². The first kappa shape index (κ1) is 16.5. The van der Waals surface area contributed by atoms with Crippen molar-refractivity contribution in [1.82, 2.24) is 9.88 Å². The summed E-state index contributed by atoms with van der Waals surface area (Å²) in [6.45, 7) is 1.09. The van der Waals surface area contributed by atoms with Crippen LogP contribution >= 0.6 is 0 Å². The summed E-state index contributed by atoms with van der Waals surface area (Å²) in [5, 5.41) is 21.4. The van der Waals surface area contributed by atoms with E-state index in [4.69, 9.17) is 4.74 Å². The van der Waals surface area contributed by atoms with Gasteiger partial charge in [-0.05, 0) is 12.5 Å². The van der Waals surface area contributed by atoms with Crippen molar-refractivity contribution in [3.05, 3.63) is 40.1 Å². The fourth-order valence-electron chi connectivity index (χ4n) is 4.03. The second-order valence-electron chi connectivity index (χ2n) is 6.85. The standard InChI is InChI=1S/C17H17N3O6/c21-15(12-6-10-2-1-3-13(20(24)25)14(10)18-12)19-7-11-8-26-5-4-17(11,9-19)16(22)23/h1-3,6,11,18H,4-5,7-9H2,(H,22,23)/t11-,17+/m0/s1. The maximum atomic E-state index is 12.9. The number of H-pyrrole nitrogens is 1. The van der Waals surface area contributed by atoms with Crippen LogP contribution in [0.4, 0.5) is 5.69 Å². The SMILES string of the molecule is O=C(c1cc2cccc([N+](=O)[O-])c2[nH]1)N1C[C@H]2COCC[C@@]2(C(=O)O)C1. The first-order chi connectivity index (χ1) is 12.4. The molecule has 1 amide bonds. The number of rotatable bonds is 3. The van der Waals surface area contributed by atoms with E-state index >= 15 is 0 Å². The summed E-state index contributed by atoms with van der Waals surface area (Å²) in [6.07, 6.45) is 0.370. The van der Waals surface area contributed by atoms with Crippen LogP contribution < -0.4 is 0 Å². The molecule has 9 nitrogen and oxygen atoms in total. The van der Waals surface area contributed by atoms with Gasteiger partial charge in [0.2, 0.25) is 0 Å². The molecular weight excluding hydrogens is 342 g/mol. The highest BCUT2D eigenvalue weighted by Gasteiger charge is 2.55. The molecule has 4 rings (SSSR count). The highest BCUT2D eigenvalue weighted by Crippen LogP contribution is 2.43. The number of carbonyl (C=O) groups is 2. The number of ether oxygens (including phenoxy) is 1.